The Kier molecular flexibility index (Phi) is 6.49. The van der Waals surface area contributed by atoms with Gasteiger partial charge in [0, 0.05) is 23.7 Å². The van der Waals surface area contributed by atoms with Gasteiger partial charge in [0.05, 0.1) is 18.7 Å². The van der Waals surface area contributed by atoms with Gasteiger partial charge in [0.15, 0.2) is 0 Å². The van der Waals surface area contributed by atoms with E-state index in [0.29, 0.717) is 28.7 Å². The van der Waals surface area contributed by atoms with Crippen LogP contribution in [0.2, 0.25) is 0 Å². The van der Waals surface area contributed by atoms with Gasteiger partial charge in [-0.25, -0.2) is 0 Å². The maximum atomic E-state index is 13.2. The lowest BCUT2D eigenvalue weighted by Crippen LogP contribution is -2.39. The van der Waals surface area contributed by atoms with Crippen LogP contribution in [0.1, 0.15) is 38.1 Å². The molecule has 2 aromatic carbocycles. The van der Waals surface area contributed by atoms with E-state index in [1.807, 2.05) is 13.8 Å². The van der Waals surface area contributed by atoms with E-state index >= 15 is 0 Å². The van der Waals surface area contributed by atoms with Crippen molar-refractivity contribution in [2.75, 3.05) is 12.0 Å². The first-order valence-corrected chi connectivity index (χ1v) is 11.3. The number of nitrogens with zero attached hydrogens (tertiary/aromatic N) is 3. The van der Waals surface area contributed by atoms with Gasteiger partial charge >= 0.3 is 0 Å². The summed E-state index contributed by atoms with van der Waals surface area (Å²) in [6, 6.07) is 13.3. The first kappa shape index (κ1) is 23.2. The number of hydrogen-bond acceptors (Lipinski definition) is 7. The van der Waals surface area contributed by atoms with Crippen LogP contribution in [0.3, 0.4) is 0 Å². The average Bonchev–Trinajstić information content (AvgIpc) is 3.41. The number of carbonyl (C=O) groups excluding carboxylic acids is 2. The molecule has 34 heavy (non-hydrogen) atoms. The van der Waals surface area contributed by atoms with Crippen LogP contribution in [0.4, 0.5) is 5.69 Å². The SMILES string of the molecule is CCC(CC)C1/C(=C(/O)c2ccc(OC)cc2)C(=O)C(=O)N1c1ccc(-c2noc(C)n2)cc1. The molecule has 8 heteroatoms. The van der Waals surface area contributed by atoms with Gasteiger partial charge in [-0.2, -0.15) is 4.98 Å². The molecule has 4 rings (SSSR count). The summed E-state index contributed by atoms with van der Waals surface area (Å²) < 4.78 is 10.2. The second-order valence-corrected chi connectivity index (χ2v) is 8.20. The molecule has 1 N–H and O–H groups in total. The van der Waals surface area contributed by atoms with Crippen LogP contribution in [-0.4, -0.2) is 40.1 Å². The van der Waals surface area contributed by atoms with Crippen LogP contribution in [0, 0.1) is 12.8 Å². The van der Waals surface area contributed by atoms with Crippen molar-refractivity contribution in [3.63, 3.8) is 0 Å². The minimum Gasteiger partial charge on any atom is -0.507 e. The standard InChI is InChI=1S/C26H27N3O5/c1-5-16(6-2)22-21(23(30)17-9-13-20(33-4)14-10-17)24(31)26(32)29(22)19-11-7-18(8-12-19)25-27-15(3)34-28-25/h7-14,16,22,30H,5-6H2,1-4H3/b23-21-. The van der Waals surface area contributed by atoms with Gasteiger partial charge in [-0.15, -0.1) is 0 Å². The molecule has 1 fully saturated rings. The number of ether oxygens (including phenoxy) is 1. The number of aryl methyl sites for hydroxylation is 1. The Balaban J connectivity index is 1.79. The molecule has 1 unspecified atom stereocenters. The zero-order chi connectivity index (χ0) is 24.4. The molecule has 0 radical (unpaired) electrons. The van der Waals surface area contributed by atoms with E-state index in [1.165, 1.54) is 4.90 Å². The highest BCUT2D eigenvalue weighted by Gasteiger charge is 2.48. The number of Topliss-reactive ketones (excluding diaryl/α,β-unsaturated/α-hetero) is 1. The molecule has 0 bridgehead atoms. The van der Waals surface area contributed by atoms with Gasteiger partial charge in [0.1, 0.15) is 11.5 Å². The highest BCUT2D eigenvalue weighted by Crippen LogP contribution is 2.39. The summed E-state index contributed by atoms with van der Waals surface area (Å²) in [4.78, 5) is 32.2. The lowest BCUT2D eigenvalue weighted by Gasteiger charge is -2.31. The molecule has 3 aromatic rings. The molecule has 1 amide bonds. The van der Waals surface area contributed by atoms with Crippen LogP contribution < -0.4 is 9.64 Å². The molecule has 8 nitrogen and oxygen atoms in total. The zero-order valence-electron chi connectivity index (χ0n) is 19.6. The van der Waals surface area contributed by atoms with Crippen LogP contribution in [-0.2, 0) is 9.59 Å². The first-order chi connectivity index (χ1) is 16.4. The predicted molar refractivity (Wildman–Crippen MR) is 127 cm³/mol. The lowest BCUT2D eigenvalue weighted by molar-refractivity contribution is -0.132. The Hall–Kier alpha value is -3.94. The van der Waals surface area contributed by atoms with Crippen molar-refractivity contribution in [3.05, 3.63) is 65.6 Å². The number of aliphatic hydroxyl groups is 1. The number of aromatic nitrogens is 2. The average molecular weight is 462 g/mol. The fourth-order valence-electron chi connectivity index (χ4n) is 4.41. The molecule has 2 heterocycles. The van der Waals surface area contributed by atoms with E-state index in [4.69, 9.17) is 9.26 Å². The van der Waals surface area contributed by atoms with Crippen molar-refractivity contribution in [1.29, 1.82) is 0 Å². The molecule has 1 atom stereocenters. The monoisotopic (exact) mass is 461 g/mol. The van der Waals surface area contributed by atoms with Gasteiger partial charge < -0.3 is 14.4 Å². The van der Waals surface area contributed by atoms with Crippen molar-refractivity contribution in [1.82, 2.24) is 10.1 Å². The number of anilines is 1. The fourth-order valence-corrected chi connectivity index (χ4v) is 4.41. The molecular weight excluding hydrogens is 434 g/mol. The fraction of sp³-hybridized carbons (Fsp3) is 0.308. The van der Waals surface area contributed by atoms with E-state index in [2.05, 4.69) is 10.1 Å². The Morgan fingerprint density at radius 2 is 1.74 bits per heavy atom. The summed E-state index contributed by atoms with van der Waals surface area (Å²) in [6.45, 7) is 5.75. The summed E-state index contributed by atoms with van der Waals surface area (Å²) in [7, 11) is 1.55. The summed E-state index contributed by atoms with van der Waals surface area (Å²) in [5.74, 6) is -0.0209. The van der Waals surface area contributed by atoms with Gasteiger partial charge in [-0.1, -0.05) is 31.8 Å². The largest absolute Gasteiger partial charge is 0.507 e. The smallest absolute Gasteiger partial charge is 0.299 e. The van der Waals surface area contributed by atoms with E-state index in [0.717, 1.165) is 18.4 Å². The number of carbonyl (C=O) groups is 2. The number of ketones is 1. The molecular formula is C26H27N3O5. The van der Waals surface area contributed by atoms with Crippen LogP contribution in [0.5, 0.6) is 5.75 Å². The van der Waals surface area contributed by atoms with Crippen molar-refractivity contribution in [2.24, 2.45) is 5.92 Å². The maximum Gasteiger partial charge on any atom is 0.299 e. The van der Waals surface area contributed by atoms with E-state index < -0.39 is 17.7 Å². The van der Waals surface area contributed by atoms with Gasteiger partial charge in [0.25, 0.3) is 11.7 Å². The van der Waals surface area contributed by atoms with Crippen LogP contribution in [0.15, 0.2) is 58.6 Å². The summed E-state index contributed by atoms with van der Waals surface area (Å²) >= 11 is 0. The number of aliphatic hydroxyl groups excluding tert-OH is 1. The van der Waals surface area contributed by atoms with Crippen molar-refractivity contribution >= 4 is 23.1 Å². The molecule has 1 aliphatic heterocycles. The molecule has 1 saturated heterocycles. The maximum absolute atomic E-state index is 13.2. The van der Waals surface area contributed by atoms with Crippen molar-refractivity contribution in [3.8, 4) is 17.1 Å². The van der Waals surface area contributed by atoms with Crippen molar-refractivity contribution < 1.29 is 24.0 Å². The third kappa shape index (κ3) is 4.07. The molecule has 1 aromatic heterocycles. The van der Waals surface area contributed by atoms with Gasteiger partial charge in [-0.3, -0.25) is 14.5 Å². The highest BCUT2D eigenvalue weighted by molar-refractivity contribution is 6.51. The Morgan fingerprint density at radius 3 is 2.26 bits per heavy atom. The summed E-state index contributed by atoms with van der Waals surface area (Å²) in [6.07, 6.45) is 1.47. The summed E-state index contributed by atoms with van der Waals surface area (Å²) in [5.41, 5.74) is 1.88. The third-order valence-electron chi connectivity index (χ3n) is 6.28. The van der Waals surface area contributed by atoms with Gasteiger partial charge in [-0.05, 0) is 54.4 Å². The Labute approximate surface area is 197 Å². The molecule has 176 valence electrons. The minimum absolute atomic E-state index is 0.0228. The number of benzene rings is 2. The number of methoxy groups -OCH3 is 1. The highest BCUT2D eigenvalue weighted by atomic mass is 16.5. The minimum atomic E-state index is -0.692. The van der Waals surface area contributed by atoms with E-state index in [1.54, 1.807) is 62.6 Å². The molecule has 0 aliphatic carbocycles. The summed E-state index contributed by atoms with van der Waals surface area (Å²) in [5, 5.41) is 15.1. The quantitative estimate of drug-likeness (QED) is 0.308. The topological polar surface area (TPSA) is 106 Å². The molecule has 1 aliphatic rings. The lowest BCUT2D eigenvalue weighted by atomic mass is 9.87. The number of rotatable bonds is 7. The number of hydrogen-bond donors (Lipinski definition) is 1. The third-order valence-corrected chi connectivity index (χ3v) is 6.28. The number of amides is 1. The normalized spacial score (nSPS) is 17.6. The second kappa shape index (κ2) is 9.51. The van der Waals surface area contributed by atoms with Crippen LogP contribution in [0.25, 0.3) is 17.1 Å². The van der Waals surface area contributed by atoms with E-state index in [9.17, 15) is 14.7 Å². The van der Waals surface area contributed by atoms with E-state index in [-0.39, 0.29) is 17.3 Å². The first-order valence-electron chi connectivity index (χ1n) is 11.3. The van der Waals surface area contributed by atoms with Crippen molar-refractivity contribution in [2.45, 2.75) is 39.7 Å². The zero-order valence-corrected chi connectivity index (χ0v) is 19.6. The Morgan fingerprint density at radius 1 is 1.09 bits per heavy atom. The second-order valence-electron chi connectivity index (χ2n) is 8.20. The van der Waals surface area contributed by atoms with Crippen LogP contribution >= 0.6 is 0 Å². The molecule has 0 spiro atoms. The predicted octanol–water partition coefficient (Wildman–Crippen LogP) is 4.74. The Bertz CT molecular complexity index is 1220. The van der Waals surface area contributed by atoms with Gasteiger partial charge in [0.2, 0.25) is 11.7 Å². The molecule has 0 saturated carbocycles.